The van der Waals surface area contributed by atoms with Crippen LogP contribution in [0.4, 0.5) is 14.5 Å². The van der Waals surface area contributed by atoms with Gasteiger partial charge in [0.1, 0.15) is 5.82 Å². The van der Waals surface area contributed by atoms with Gasteiger partial charge in [-0.3, -0.25) is 10.1 Å². The number of hydrogen-bond acceptors (Lipinski definition) is 4. The van der Waals surface area contributed by atoms with Crippen molar-refractivity contribution in [3.63, 3.8) is 0 Å². The Labute approximate surface area is 121 Å². The van der Waals surface area contributed by atoms with Gasteiger partial charge in [-0.15, -0.1) is 0 Å². The van der Waals surface area contributed by atoms with Crippen LogP contribution >= 0.6 is 0 Å². The Balaban J connectivity index is 1.94. The Morgan fingerprint density at radius 3 is 2.67 bits per heavy atom. The molecule has 0 atom stereocenters. The van der Waals surface area contributed by atoms with Crippen molar-refractivity contribution in [1.29, 1.82) is 0 Å². The van der Waals surface area contributed by atoms with Gasteiger partial charge < -0.3 is 10.1 Å². The lowest BCUT2D eigenvalue weighted by molar-refractivity contribution is -0.387. The normalized spacial score (nSPS) is 16.0. The summed E-state index contributed by atoms with van der Waals surface area (Å²) in [7, 11) is 1.65. The van der Waals surface area contributed by atoms with Crippen LogP contribution in [0.5, 0.6) is 0 Å². The van der Waals surface area contributed by atoms with Crippen molar-refractivity contribution in [2.45, 2.75) is 25.8 Å². The van der Waals surface area contributed by atoms with Crippen LogP contribution in [-0.4, -0.2) is 25.2 Å². The molecule has 1 saturated carbocycles. The molecular formula is C14H18F2N2O3. The minimum Gasteiger partial charge on any atom is -0.385 e. The summed E-state index contributed by atoms with van der Waals surface area (Å²) in [6, 6.07) is 1.51. The molecule has 0 heterocycles. The lowest BCUT2D eigenvalue weighted by atomic mass is 10.0. The molecule has 1 fully saturated rings. The summed E-state index contributed by atoms with van der Waals surface area (Å²) in [5, 5.41) is 13.8. The molecule has 0 unspecified atom stereocenters. The summed E-state index contributed by atoms with van der Waals surface area (Å²) in [6.07, 6.45) is 3.12. The second kappa shape index (κ2) is 6.44. The fourth-order valence-electron chi connectivity index (χ4n) is 2.33. The summed E-state index contributed by atoms with van der Waals surface area (Å²) in [5.41, 5.74) is -0.405. The van der Waals surface area contributed by atoms with Gasteiger partial charge in [-0.25, -0.2) is 4.39 Å². The molecule has 1 N–H and O–H groups in total. The number of nitro benzene ring substituents is 1. The second-order valence-corrected chi connectivity index (χ2v) is 5.50. The molecule has 0 amide bonds. The number of nitro groups is 1. The van der Waals surface area contributed by atoms with Gasteiger partial charge in [0.25, 0.3) is 0 Å². The first kappa shape index (κ1) is 15.8. The number of halogens is 2. The third kappa shape index (κ3) is 3.95. The van der Waals surface area contributed by atoms with E-state index in [1.165, 1.54) is 0 Å². The Hall–Kier alpha value is -1.60. The summed E-state index contributed by atoms with van der Waals surface area (Å²) in [5.74, 6) is -1.92. The number of hydrogen-bond donors (Lipinski definition) is 1. The van der Waals surface area contributed by atoms with Gasteiger partial charge >= 0.3 is 5.69 Å². The van der Waals surface area contributed by atoms with Crippen LogP contribution in [0.15, 0.2) is 12.1 Å². The van der Waals surface area contributed by atoms with Gasteiger partial charge in [-0.2, -0.15) is 4.39 Å². The summed E-state index contributed by atoms with van der Waals surface area (Å²) in [6.45, 7) is 1.51. The maximum atomic E-state index is 13.6. The van der Waals surface area contributed by atoms with Gasteiger partial charge in [0.2, 0.25) is 5.82 Å². The van der Waals surface area contributed by atoms with Crippen LogP contribution < -0.4 is 5.32 Å². The van der Waals surface area contributed by atoms with Crippen LogP contribution in [0.3, 0.4) is 0 Å². The molecule has 1 aliphatic rings. The van der Waals surface area contributed by atoms with Crippen molar-refractivity contribution < 1.29 is 18.4 Å². The zero-order chi connectivity index (χ0) is 15.5. The first-order valence-electron chi connectivity index (χ1n) is 6.79. The Morgan fingerprint density at radius 1 is 1.38 bits per heavy atom. The highest BCUT2D eigenvalue weighted by Crippen LogP contribution is 2.48. The first-order chi connectivity index (χ1) is 9.97. The minimum absolute atomic E-state index is 0.102. The van der Waals surface area contributed by atoms with E-state index in [4.69, 9.17) is 4.74 Å². The average molecular weight is 300 g/mol. The molecule has 5 nitrogen and oxygen atoms in total. The summed E-state index contributed by atoms with van der Waals surface area (Å²) >= 11 is 0. The van der Waals surface area contributed by atoms with E-state index in [-0.39, 0.29) is 17.5 Å². The van der Waals surface area contributed by atoms with Crippen molar-refractivity contribution in [2.24, 2.45) is 5.41 Å². The van der Waals surface area contributed by atoms with E-state index in [2.05, 4.69) is 5.32 Å². The molecule has 116 valence electrons. The molecule has 1 aromatic rings. The predicted octanol–water partition coefficient (Wildman–Crippen LogP) is 2.78. The van der Waals surface area contributed by atoms with Gasteiger partial charge in [0, 0.05) is 44.5 Å². The van der Waals surface area contributed by atoms with Crippen LogP contribution in [-0.2, 0) is 11.3 Å². The molecule has 0 saturated heterocycles. The summed E-state index contributed by atoms with van der Waals surface area (Å²) < 4.78 is 31.9. The van der Waals surface area contributed by atoms with E-state index in [1.54, 1.807) is 7.11 Å². The number of ether oxygens (including phenoxy) is 1. The maximum absolute atomic E-state index is 13.6. The van der Waals surface area contributed by atoms with Gasteiger partial charge in [0.15, 0.2) is 0 Å². The molecule has 0 spiro atoms. The van der Waals surface area contributed by atoms with Crippen molar-refractivity contribution >= 4 is 5.69 Å². The van der Waals surface area contributed by atoms with Crippen LogP contribution in [0.2, 0.25) is 0 Å². The molecular weight excluding hydrogens is 282 g/mol. The number of nitrogens with zero attached hydrogens (tertiary/aromatic N) is 1. The third-order valence-electron chi connectivity index (χ3n) is 3.92. The van der Waals surface area contributed by atoms with Gasteiger partial charge in [-0.1, -0.05) is 0 Å². The van der Waals surface area contributed by atoms with E-state index in [1.807, 2.05) is 0 Å². The van der Waals surface area contributed by atoms with Gasteiger partial charge in [-0.05, 0) is 24.7 Å². The lowest BCUT2D eigenvalue weighted by Gasteiger charge is -2.15. The monoisotopic (exact) mass is 300 g/mol. The second-order valence-electron chi connectivity index (χ2n) is 5.50. The molecule has 1 aromatic carbocycles. The number of nitrogens with one attached hydrogen (secondary N) is 1. The van der Waals surface area contributed by atoms with Crippen molar-refractivity contribution in [3.8, 4) is 0 Å². The van der Waals surface area contributed by atoms with Gasteiger partial charge in [0.05, 0.1) is 4.92 Å². The zero-order valence-electron chi connectivity index (χ0n) is 11.8. The van der Waals surface area contributed by atoms with E-state index < -0.39 is 22.2 Å². The number of benzene rings is 1. The largest absolute Gasteiger partial charge is 0.385 e. The Bertz CT molecular complexity index is 533. The average Bonchev–Trinajstić information content (AvgIpc) is 3.19. The highest BCUT2D eigenvalue weighted by molar-refractivity contribution is 5.37. The number of rotatable bonds is 8. The van der Waals surface area contributed by atoms with Crippen LogP contribution in [0.1, 0.15) is 24.8 Å². The third-order valence-corrected chi connectivity index (χ3v) is 3.92. The predicted molar refractivity (Wildman–Crippen MR) is 72.9 cm³/mol. The summed E-state index contributed by atoms with van der Waals surface area (Å²) in [4.78, 5) is 9.81. The first-order valence-corrected chi connectivity index (χ1v) is 6.79. The van der Waals surface area contributed by atoms with E-state index in [9.17, 15) is 18.9 Å². The fraction of sp³-hybridized carbons (Fsp3) is 0.571. The highest BCUT2D eigenvalue weighted by Gasteiger charge is 2.41. The lowest BCUT2D eigenvalue weighted by Crippen LogP contribution is -2.25. The molecule has 0 bridgehead atoms. The standard InChI is InChI=1S/C14H18F2N2O3/c1-21-5-4-14(2-3-14)9-17-8-10-6-13(18(19)20)12(16)7-11(10)15/h6-7,17H,2-5,8-9H2,1H3. The molecule has 2 rings (SSSR count). The smallest absolute Gasteiger partial charge is 0.305 e. The fourth-order valence-corrected chi connectivity index (χ4v) is 2.33. The van der Waals surface area contributed by atoms with Crippen molar-refractivity contribution in [1.82, 2.24) is 5.32 Å². The molecule has 7 heteroatoms. The van der Waals surface area contributed by atoms with Crippen molar-refractivity contribution in [3.05, 3.63) is 39.4 Å². The zero-order valence-corrected chi connectivity index (χ0v) is 11.8. The Kier molecular flexibility index (Phi) is 4.84. The van der Waals surface area contributed by atoms with E-state index >= 15 is 0 Å². The quantitative estimate of drug-likeness (QED) is 0.592. The maximum Gasteiger partial charge on any atom is 0.305 e. The minimum atomic E-state index is -1.15. The Morgan fingerprint density at radius 2 is 2.10 bits per heavy atom. The molecule has 0 radical (unpaired) electrons. The van der Waals surface area contributed by atoms with Crippen molar-refractivity contribution in [2.75, 3.05) is 20.3 Å². The molecule has 0 aromatic heterocycles. The highest BCUT2D eigenvalue weighted by atomic mass is 19.1. The molecule has 1 aliphatic carbocycles. The van der Waals surface area contributed by atoms with E-state index in [0.717, 1.165) is 25.3 Å². The number of methoxy groups -OCH3 is 1. The molecule has 0 aliphatic heterocycles. The topological polar surface area (TPSA) is 64.4 Å². The molecule has 21 heavy (non-hydrogen) atoms. The van der Waals surface area contributed by atoms with E-state index in [0.29, 0.717) is 19.2 Å². The SMILES string of the molecule is COCCC1(CNCc2cc([N+](=O)[O-])c(F)cc2F)CC1. The van der Waals surface area contributed by atoms with Crippen LogP contribution in [0, 0.1) is 27.2 Å². The van der Waals surface area contributed by atoms with Crippen LogP contribution in [0.25, 0.3) is 0 Å².